The minimum absolute atomic E-state index is 0.597. The fourth-order valence-electron chi connectivity index (χ4n) is 2.73. The van der Waals surface area contributed by atoms with Crippen molar-refractivity contribution in [3.8, 4) is 0 Å². The van der Waals surface area contributed by atoms with E-state index in [1.807, 2.05) is 13.8 Å². The summed E-state index contributed by atoms with van der Waals surface area (Å²) in [5.74, 6) is 2.48. The molecule has 18 heavy (non-hydrogen) atoms. The lowest BCUT2D eigenvalue weighted by molar-refractivity contribution is 0.0764. The molecular weight excluding hydrogens is 220 g/mol. The Bertz CT molecular complexity index is 172. The highest BCUT2D eigenvalue weighted by atomic mass is 16.5. The topological polar surface area (TPSA) is 9.23 Å². The zero-order chi connectivity index (χ0) is 14.7. The van der Waals surface area contributed by atoms with E-state index in [-0.39, 0.29) is 0 Å². The molecule has 5 unspecified atom stereocenters. The summed E-state index contributed by atoms with van der Waals surface area (Å²) in [5.41, 5.74) is 0. The van der Waals surface area contributed by atoms with E-state index in [1.165, 1.54) is 19.3 Å². The Morgan fingerprint density at radius 3 is 1.72 bits per heavy atom. The lowest BCUT2D eigenvalue weighted by atomic mass is 9.75. The van der Waals surface area contributed by atoms with Crippen molar-refractivity contribution in [3.63, 3.8) is 0 Å². The van der Waals surface area contributed by atoms with Crippen molar-refractivity contribution >= 4 is 0 Å². The summed E-state index contributed by atoms with van der Waals surface area (Å²) < 4.78 is 5.90. The van der Waals surface area contributed by atoms with Crippen LogP contribution in [0.25, 0.3) is 0 Å². The van der Waals surface area contributed by atoms with Gasteiger partial charge < -0.3 is 4.74 Å². The Labute approximate surface area is 116 Å². The molecular formula is C17H36O. The van der Waals surface area contributed by atoms with Gasteiger partial charge in [0, 0.05) is 0 Å². The van der Waals surface area contributed by atoms with Crippen molar-refractivity contribution < 1.29 is 4.74 Å². The molecule has 0 aromatic rings. The molecule has 0 radical (unpaired) electrons. The van der Waals surface area contributed by atoms with Gasteiger partial charge in [-0.3, -0.25) is 0 Å². The van der Waals surface area contributed by atoms with E-state index in [4.69, 9.17) is 4.74 Å². The Hall–Kier alpha value is -0.300. The highest BCUT2D eigenvalue weighted by molar-refractivity contribution is 4.96. The summed E-state index contributed by atoms with van der Waals surface area (Å²) in [4.78, 5) is 0. The predicted octanol–water partition coefficient (Wildman–Crippen LogP) is 5.70. The van der Waals surface area contributed by atoms with Crippen LogP contribution in [0.2, 0.25) is 0 Å². The zero-order valence-electron chi connectivity index (χ0n) is 13.8. The number of hydrogen-bond donors (Lipinski definition) is 0. The molecule has 0 aromatic carbocycles. The second kappa shape index (κ2) is 11.8. The Balaban J connectivity index is 0. The van der Waals surface area contributed by atoms with Crippen LogP contribution in [0.3, 0.4) is 0 Å². The molecule has 1 heteroatoms. The number of hydrogen-bond acceptors (Lipinski definition) is 1. The van der Waals surface area contributed by atoms with Crippen molar-refractivity contribution in [2.75, 3.05) is 0 Å². The molecule has 2 saturated heterocycles. The molecule has 5 atom stereocenters. The molecule has 0 amide bonds. The summed E-state index contributed by atoms with van der Waals surface area (Å²) in [6.45, 7) is 21.2. The van der Waals surface area contributed by atoms with Crippen molar-refractivity contribution in [2.24, 2.45) is 17.8 Å². The van der Waals surface area contributed by atoms with Crippen LogP contribution < -0.4 is 0 Å². The summed E-state index contributed by atoms with van der Waals surface area (Å²) in [6.07, 6.45) is 5.07. The molecule has 110 valence electrons. The number of ether oxygens (including phenoxy) is 1. The first-order chi connectivity index (χ1) is 8.65. The van der Waals surface area contributed by atoms with E-state index in [9.17, 15) is 0 Å². The second-order valence-electron chi connectivity index (χ2n) is 4.97. The maximum atomic E-state index is 5.90. The maximum Gasteiger partial charge on any atom is 0.0637 e. The summed E-state index contributed by atoms with van der Waals surface area (Å²) in [7, 11) is 0. The van der Waals surface area contributed by atoms with Gasteiger partial charge in [-0.15, -0.1) is 13.2 Å². The third-order valence-corrected chi connectivity index (χ3v) is 3.79. The molecule has 2 rings (SSSR count). The summed E-state index contributed by atoms with van der Waals surface area (Å²) in [5, 5.41) is 0. The molecule has 0 saturated carbocycles. The van der Waals surface area contributed by atoms with Crippen LogP contribution >= 0.6 is 0 Å². The van der Waals surface area contributed by atoms with E-state index in [2.05, 4.69) is 47.8 Å². The molecule has 0 aromatic heterocycles. The number of fused-ring (bicyclic) bond motifs is 2. The summed E-state index contributed by atoms with van der Waals surface area (Å²) >= 11 is 0. The van der Waals surface area contributed by atoms with Crippen LogP contribution in [0.5, 0.6) is 0 Å². The minimum Gasteiger partial charge on any atom is -0.374 e. The average molecular weight is 256 g/mol. The van der Waals surface area contributed by atoms with E-state index in [0.717, 1.165) is 17.8 Å². The third-order valence-electron chi connectivity index (χ3n) is 3.79. The molecule has 2 aliphatic rings. The van der Waals surface area contributed by atoms with E-state index in [0.29, 0.717) is 12.2 Å². The van der Waals surface area contributed by atoms with Crippen molar-refractivity contribution in [1.82, 2.24) is 0 Å². The van der Waals surface area contributed by atoms with Crippen LogP contribution in [-0.2, 0) is 4.74 Å². The largest absolute Gasteiger partial charge is 0.374 e. The SMILES string of the molecule is C=C.CC.CCC.CCC1CC2OC1C(C)C2C. The van der Waals surface area contributed by atoms with Crippen LogP contribution in [0.4, 0.5) is 0 Å². The first kappa shape index (κ1) is 20.0. The Morgan fingerprint density at radius 2 is 1.44 bits per heavy atom. The van der Waals surface area contributed by atoms with Gasteiger partial charge in [0.1, 0.15) is 0 Å². The first-order valence-corrected chi connectivity index (χ1v) is 7.81. The highest BCUT2D eigenvalue weighted by Gasteiger charge is 2.49. The van der Waals surface area contributed by atoms with E-state index < -0.39 is 0 Å². The van der Waals surface area contributed by atoms with Crippen LogP contribution in [0, 0.1) is 17.8 Å². The predicted molar refractivity (Wildman–Crippen MR) is 84.0 cm³/mol. The Kier molecular flexibility index (Phi) is 13.1. The quantitative estimate of drug-likeness (QED) is 0.547. The highest BCUT2D eigenvalue weighted by Crippen LogP contribution is 2.47. The van der Waals surface area contributed by atoms with Gasteiger partial charge in [0.15, 0.2) is 0 Å². The summed E-state index contributed by atoms with van der Waals surface area (Å²) in [6, 6.07) is 0. The molecule has 2 bridgehead atoms. The molecule has 0 aliphatic carbocycles. The fourth-order valence-corrected chi connectivity index (χ4v) is 2.73. The minimum atomic E-state index is 0.597. The average Bonchev–Trinajstić information content (AvgIpc) is 2.96. The molecule has 0 N–H and O–H groups in total. The fraction of sp³-hybridized carbons (Fsp3) is 0.882. The van der Waals surface area contributed by atoms with Crippen LogP contribution in [0.1, 0.15) is 67.7 Å². The van der Waals surface area contributed by atoms with Gasteiger partial charge in [0.25, 0.3) is 0 Å². The molecule has 0 spiro atoms. The third kappa shape index (κ3) is 5.14. The lowest BCUT2D eigenvalue weighted by Crippen LogP contribution is -2.29. The molecule has 1 nitrogen and oxygen atoms in total. The maximum absolute atomic E-state index is 5.90. The van der Waals surface area contributed by atoms with Gasteiger partial charge in [0.05, 0.1) is 12.2 Å². The van der Waals surface area contributed by atoms with E-state index >= 15 is 0 Å². The van der Waals surface area contributed by atoms with Crippen LogP contribution in [-0.4, -0.2) is 12.2 Å². The van der Waals surface area contributed by atoms with Gasteiger partial charge in [0.2, 0.25) is 0 Å². The van der Waals surface area contributed by atoms with Gasteiger partial charge >= 0.3 is 0 Å². The van der Waals surface area contributed by atoms with Crippen molar-refractivity contribution in [1.29, 1.82) is 0 Å². The van der Waals surface area contributed by atoms with Crippen molar-refractivity contribution in [3.05, 3.63) is 13.2 Å². The smallest absolute Gasteiger partial charge is 0.0637 e. The monoisotopic (exact) mass is 256 g/mol. The zero-order valence-corrected chi connectivity index (χ0v) is 13.8. The normalized spacial score (nSPS) is 35.4. The lowest BCUT2D eigenvalue weighted by Gasteiger charge is -2.27. The van der Waals surface area contributed by atoms with Crippen molar-refractivity contribution in [2.45, 2.75) is 79.9 Å². The van der Waals surface area contributed by atoms with Crippen LogP contribution in [0.15, 0.2) is 13.2 Å². The second-order valence-corrected chi connectivity index (χ2v) is 4.97. The van der Waals surface area contributed by atoms with Gasteiger partial charge in [-0.2, -0.15) is 0 Å². The Morgan fingerprint density at radius 1 is 1.00 bits per heavy atom. The van der Waals surface area contributed by atoms with Gasteiger partial charge in [-0.25, -0.2) is 0 Å². The van der Waals surface area contributed by atoms with Gasteiger partial charge in [-0.1, -0.05) is 61.3 Å². The molecule has 2 heterocycles. The van der Waals surface area contributed by atoms with E-state index in [1.54, 1.807) is 0 Å². The number of rotatable bonds is 1. The molecule has 2 fully saturated rings. The standard InChI is InChI=1S/C10H18O.C3H8.C2H6.C2H4/c1-4-8-5-9-6(2)7(3)10(8)11-9;1-3-2;2*1-2/h6-10H,4-5H2,1-3H3;3H2,1-2H3;1-2H3;1-2H2. The first-order valence-electron chi connectivity index (χ1n) is 7.81. The molecule has 2 aliphatic heterocycles. The van der Waals surface area contributed by atoms with Gasteiger partial charge in [-0.05, 0) is 24.2 Å².